The topological polar surface area (TPSA) is 58.7 Å². The molecule has 2 saturated heterocycles. The number of likely N-dealkylation sites (tertiary alicyclic amines) is 1. The number of rotatable bonds is 4. The molecule has 0 aliphatic carbocycles. The number of nitrogens with zero attached hydrogens (tertiary/aromatic N) is 2. The summed E-state index contributed by atoms with van der Waals surface area (Å²) in [5.74, 6) is 1.77. The Morgan fingerprint density at radius 1 is 1.28 bits per heavy atom. The van der Waals surface area contributed by atoms with Crippen molar-refractivity contribution in [2.45, 2.75) is 44.9 Å². The summed E-state index contributed by atoms with van der Waals surface area (Å²) in [6, 6.07) is 8.55. The Morgan fingerprint density at radius 2 is 2.16 bits per heavy atom. The van der Waals surface area contributed by atoms with Gasteiger partial charge in [0, 0.05) is 24.1 Å². The fraction of sp³-hybridized carbons (Fsp3) is 0.550. The zero-order valence-corrected chi connectivity index (χ0v) is 14.7. The maximum absolute atomic E-state index is 10.4. The number of hydrogen-bond donors (Lipinski definition) is 1. The van der Waals surface area contributed by atoms with E-state index < -0.39 is 0 Å². The second-order valence-corrected chi connectivity index (χ2v) is 7.21. The van der Waals surface area contributed by atoms with Crippen LogP contribution in [0.1, 0.15) is 30.7 Å². The summed E-state index contributed by atoms with van der Waals surface area (Å²) < 4.78 is 11.6. The molecule has 5 heteroatoms. The number of aryl methyl sites for hydroxylation is 1. The van der Waals surface area contributed by atoms with E-state index in [2.05, 4.69) is 28.9 Å². The van der Waals surface area contributed by atoms with E-state index in [1.54, 1.807) is 0 Å². The van der Waals surface area contributed by atoms with Crippen molar-refractivity contribution in [3.8, 4) is 11.3 Å². The van der Waals surface area contributed by atoms with Gasteiger partial charge in [-0.15, -0.1) is 0 Å². The summed E-state index contributed by atoms with van der Waals surface area (Å²) in [5.41, 5.74) is 2.28. The van der Waals surface area contributed by atoms with Crippen LogP contribution in [0.25, 0.3) is 11.3 Å². The lowest BCUT2D eigenvalue weighted by Crippen LogP contribution is -2.45. The van der Waals surface area contributed by atoms with Gasteiger partial charge in [0.15, 0.2) is 5.76 Å². The number of benzene rings is 1. The van der Waals surface area contributed by atoms with Crippen molar-refractivity contribution in [3.63, 3.8) is 0 Å². The van der Waals surface area contributed by atoms with Crippen LogP contribution in [0.15, 0.2) is 34.9 Å². The van der Waals surface area contributed by atoms with Crippen molar-refractivity contribution >= 4 is 0 Å². The molecule has 1 N–H and O–H groups in total. The number of hydrogen-bond acceptors (Lipinski definition) is 5. The summed E-state index contributed by atoms with van der Waals surface area (Å²) in [5, 5.41) is 10.4. The van der Waals surface area contributed by atoms with Crippen molar-refractivity contribution < 1.29 is 14.3 Å². The fourth-order valence-electron chi connectivity index (χ4n) is 4.18. The van der Waals surface area contributed by atoms with Gasteiger partial charge in [-0.25, -0.2) is 4.98 Å². The molecule has 3 atom stereocenters. The third-order valence-electron chi connectivity index (χ3n) is 5.57. The molecular weight excluding hydrogens is 316 g/mol. The van der Waals surface area contributed by atoms with Gasteiger partial charge in [-0.05, 0) is 38.3 Å². The lowest BCUT2D eigenvalue weighted by Gasteiger charge is -2.36. The first kappa shape index (κ1) is 16.8. The van der Waals surface area contributed by atoms with E-state index >= 15 is 0 Å². The van der Waals surface area contributed by atoms with Crippen molar-refractivity contribution in [3.05, 3.63) is 41.9 Å². The van der Waals surface area contributed by atoms with E-state index in [4.69, 9.17) is 9.15 Å². The van der Waals surface area contributed by atoms with E-state index in [-0.39, 0.29) is 12.0 Å². The molecule has 1 aromatic carbocycles. The largest absolute Gasteiger partial charge is 0.439 e. The molecule has 134 valence electrons. The molecule has 0 amide bonds. The van der Waals surface area contributed by atoms with Crippen LogP contribution in [-0.4, -0.2) is 46.9 Å². The highest BCUT2D eigenvalue weighted by Gasteiger charge is 2.37. The van der Waals surface area contributed by atoms with Gasteiger partial charge in [-0.1, -0.05) is 24.3 Å². The minimum Gasteiger partial charge on any atom is -0.439 e. The van der Waals surface area contributed by atoms with E-state index in [9.17, 15) is 5.11 Å². The first-order valence-electron chi connectivity index (χ1n) is 9.23. The van der Waals surface area contributed by atoms with Gasteiger partial charge in [0.1, 0.15) is 0 Å². The number of oxazole rings is 1. The molecule has 2 aliphatic rings. The minimum absolute atomic E-state index is 0.196. The van der Waals surface area contributed by atoms with Crippen LogP contribution in [0.2, 0.25) is 0 Å². The quantitative estimate of drug-likeness (QED) is 0.925. The van der Waals surface area contributed by atoms with E-state index in [0.717, 1.165) is 43.0 Å². The van der Waals surface area contributed by atoms with Crippen LogP contribution in [0.3, 0.4) is 0 Å². The van der Waals surface area contributed by atoms with Crippen LogP contribution < -0.4 is 0 Å². The molecule has 0 spiro atoms. The van der Waals surface area contributed by atoms with Gasteiger partial charge >= 0.3 is 0 Å². The maximum Gasteiger partial charge on any atom is 0.209 e. The molecule has 2 aliphatic heterocycles. The van der Waals surface area contributed by atoms with Crippen LogP contribution in [0.4, 0.5) is 0 Å². The molecule has 0 bridgehead atoms. The summed E-state index contributed by atoms with van der Waals surface area (Å²) in [6.45, 7) is 5.13. The van der Waals surface area contributed by atoms with Crippen molar-refractivity contribution in [2.75, 3.05) is 19.8 Å². The summed E-state index contributed by atoms with van der Waals surface area (Å²) >= 11 is 0. The Labute approximate surface area is 148 Å². The molecule has 2 aromatic rings. The highest BCUT2D eigenvalue weighted by molar-refractivity contribution is 5.60. The number of aliphatic hydroxyl groups is 1. The molecule has 2 fully saturated rings. The molecule has 3 heterocycles. The highest BCUT2D eigenvalue weighted by atomic mass is 16.5. The smallest absolute Gasteiger partial charge is 0.209 e. The lowest BCUT2D eigenvalue weighted by atomic mass is 9.89. The van der Waals surface area contributed by atoms with Crippen LogP contribution >= 0.6 is 0 Å². The van der Waals surface area contributed by atoms with E-state index in [1.165, 1.54) is 5.56 Å². The number of ether oxygens (including phenoxy) is 1. The minimum atomic E-state index is -0.258. The molecule has 4 rings (SSSR count). The van der Waals surface area contributed by atoms with Gasteiger partial charge in [-0.3, -0.25) is 4.90 Å². The van der Waals surface area contributed by atoms with Gasteiger partial charge < -0.3 is 14.3 Å². The van der Waals surface area contributed by atoms with E-state index in [0.29, 0.717) is 25.8 Å². The van der Waals surface area contributed by atoms with Gasteiger partial charge in [0.05, 0.1) is 25.5 Å². The average molecular weight is 342 g/mol. The summed E-state index contributed by atoms with van der Waals surface area (Å²) in [7, 11) is 0. The molecule has 25 heavy (non-hydrogen) atoms. The SMILES string of the molecule is Cc1ccccc1-c1cnc(CN2CCCC2C2COCCC2O)o1. The zero-order valence-electron chi connectivity index (χ0n) is 14.7. The fourth-order valence-corrected chi connectivity index (χ4v) is 4.18. The Morgan fingerprint density at radius 3 is 3.00 bits per heavy atom. The van der Waals surface area contributed by atoms with Gasteiger partial charge in [-0.2, -0.15) is 0 Å². The predicted octanol–water partition coefficient (Wildman–Crippen LogP) is 3.01. The van der Waals surface area contributed by atoms with Crippen molar-refractivity contribution in [1.29, 1.82) is 0 Å². The monoisotopic (exact) mass is 342 g/mol. The maximum atomic E-state index is 10.4. The predicted molar refractivity (Wildman–Crippen MR) is 95.0 cm³/mol. The second-order valence-electron chi connectivity index (χ2n) is 7.21. The molecule has 0 saturated carbocycles. The Hall–Kier alpha value is -1.69. The first-order valence-corrected chi connectivity index (χ1v) is 9.23. The normalized spacial score (nSPS) is 27.7. The first-order chi connectivity index (χ1) is 12.2. The van der Waals surface area contributed by atoms with Crippen molar-refractivity contribution in [1.82, 2.24) is 9.88 Å². The van der Waals surface area contributed by atoms with E-state index in [1.807, 2.05) is 18.3 Å². The molecule has 0 radical (unpaired) electrons. The van der Waals surface area contributed by atoms with Crippen LogP contribution in [0, 0.1) is 12.8 Å². The lowest BCUT2D eigenvalue weighted by molar-refractivity contribution is -0.0643. The standard InChI is InChI=1S/C20H26N2O3/c1-14-5-2-3-6-15(14)19-11-21-20(25-19)12-22-9-4-7-17(22)16-13-24-10-8-18(16)23/h2-3,5-6,11,16-18,23H,4,7-10,12-13H2,1H3. The number of aromatic nitrogens is 1. The zero-order chi connectivity index (χ0) is 17.2. The Balaban J connectivity index is 1.47. The summed E-state index contributed by atoms with van der Waals surface area (Å²) in [6.07, 6.45) is 4.56. The molecule has 1 aromatic heterocycles. The molecule has 5 nitrogen and oxygen atoms in total. The molecular formula is C20H26N2O3. The van der Waals surface area contributed by atoms with Gasteiger partial charge in [0.25, 0.3) is 0 Å². The van der Waals surface area contributed by atoms with Crippen LogP contribution in [-0.2, 0) is 11.3 Å². The second kappa shape index (κ2) is 7.28. The van der Waals surface area contributed by atoms with Crippen LogP contribution in [0.5, 0.6) is 0 Å². The third kappa shape index (κ3) is 3.50. The van der Waals surface area contributed by atoms with Gasteiger partial charge in [0.2, 0.25) is 5.89 Å². The Kier molecular flexibility index (Phi) is 4.88. The van der Waals surface area contributed by atoms with Crippen molar-refractivity contribution in [2.24, 2.45) is 5.92 Å². The number of aliphatic hydroxyl groups excluding tert-OH is 1. The third-order valence-corrected chi connectivity index (χ3v) is 5.57. The highest BCUT2D eigenvalue weighted by Crippen LogP contribution is 2.31. The summed E-state index contributed by atoms with van der Waals surface area (Å²) in [4.78, 5) is 6.89. The molecule has 3 unspecified atom stereocenters. The average Bonchev–Trinajstić information content (AvgIpc) is 3.26. The Bertz CT molecular complexity index is 714.